The Morgan fingerprint density at radius 2 is 1.82 bits per heavy atom. The molecule has 1 N–H and O–H groups in total. The Labute approximate surface area is 233 Å². The van der Waals surface area contributed by atoms with Crippen molar-refractivity contribution < 1.29 is 19.1 Å². The summed E-state index contributed by atoms with van der Waals surface area (Å²) in [5.41, 5.74) is 2.07. The van der Waals surface area contributed by atoms with Crippen molar-refractivity contribution in [3.05, 3.63) is 53.7 Å². The van der Waals surface area contributed by atoms with E-state index in [2.05, 4.69) is 32.1 Å². The molecule has 10 nitrogen and oxygen atoms in total. The molecule has 3 aromatic rings. The van der Waals surface area contributed by atoms with Crippen LogP contribution in [0, 0.1) is 24.7 Å². The Kier molecular flexibility index (Phi) is 7.39. The third-order valence-corrected chi connectivity index (χ3v) is 6.64. The smallest absolute Gasteiger partial charge is 0.410 e. The second-order valence-corrected chi connectivity index (χ2v) is 11.1. The van der Waals surface area contributed by atoms with Crippen LogP contribution < -0.4 is 10.2 Å². The van der Waals surface area contributed by atoms with E-state index in [0.717, 1.165) is 29.3 Å². The van der Waals surface area contributed by atoms with Crippen molar-refractivity contribution in [2.24, 2.45) is 5.92 Å². The summed E-state index contributed by atoms with van der Waals surface area (Å²) in [5.74, 6) is 6.60. The first-order chi connectivity index (χ1) is 19.1. The van der Waals surface area contributed by atoms with Gasteiger partial charge in [0.2, 0.25) is 11.8 Å². The van der Waals surface area contributed by atoms with Gasteiger partial charge in [0.25, 0.3) is 0 Å². The monoisotopic (exact) mass is 540 g/mol. The molecule has 0 radical (unpaired) electrons. The first kappa shape index (κ1) is 27.1. The maximum absolute atomic E-state index is 13.0. The summed E-state index contributed by atoms with van der Waals surface area (Å²) >= 11 is 0. The second kappa shape index (κ2) is 10.9. The lowest BCUT2D eigenvalue weighted by atomic mass is 10.1. The lowest BCUT2D eigenvalue weighted by Gasteiger charge is -2.26. The summed E-state index contributed by atoms with van der Waals surface area (Å²) < 4.78 is 5.43. The highest BCUT2D eigenvalue weighted by molar-refractivity contribution is 5.97. The number of nitrogens with one attached hydrogen (secondary N) is 1. The molecule has 206 valence electrons. The minimum absolute atomic E-state index is 0.00464. The summed E-state index contributed by atoms with van der Waals surface area (Å²) in [6.07, 6.45) is 7.00. The molecule has 0 spiro atoms. The van der Waals surface area contributed by atoms with E-state index in [-0.39, 0.29) is 24.3 Å². The number of aromatic nitrogens is 3. The van der Waals surface area contributed by atoms with Crippen LogP contribution >= 0.6 is 0 Å². The number of amides is 3. The first-order valence-corrected chi connectivity index (χ1v) is 13.4. The van der Waals surface area contributed by atoms with Crippen molar-refractivity contribution in [3.8, 4) is 11.8 Å². The van der Waals surface area contributed by atoms with E-state index in [4.69, 9.17) is 4.74 Å². The third-order valence-electron chi connectivity index (χ3n) is 6.64. The standard InChI is InChI=1S/C30H32N6O4/c1-19-25-17-33-26(34-28(38)20-6-7-20)14-24(25)21(15-31-19)8-9-22-10-11-23(16-32-22)36-13-5-12-35(18-27(36)37)29(39)40-30(2,3)4/h10-11,14-17,20H,5-7,12-13,18H2,1-4H3,(H,33,34,38). The molecule has 2 fully saturated rings. The average Bonchev–Trinajstić information content (AvgIpc) is 3.76. The second-order valence-electron chi connectivity index (χ2n) is 11.1. The number of pyridine rings is 3. The quantitative estimate of drug-likeness (QED) is 0.498. The lowest BCUT2D eigenvalue weighted by Crippen LogP contribution is -2.41. The van der Waals surface area contributed by atoms with Gasteiger partial charge in [-0.05, 0) is 71.1 Å². The Hall–Kier alpha value is -4.52. The van der Waals surface area contributed by atoms with E-state index >= 15 is 0 Å². The van der Waals surface area contributed by atoms with Gasteiger partial charge in [-0.3, -0.25) is 19.5 Å². The van der Waals surface area contributed by atoms with Crippen molar-refractivity contribution >= 4 is 40.2 Å². The van der Waals surface area contributed by atoms with Gasteiger partial charge < -0.3 is 15.0 Å². The molecule has 40 heavy (non-hydrogen) atoms. The van der Waals surface area contributed by atoms with Gasteiger partial charge in [-0.2, -0.15) is 0 Å². The van der Waals surface area contributed by atoms with Gasteiger partial charge in [-0.15, -0.1) is 0 Å². The number of ether oxygens (including phenoxy) is 1. The highest BCUT2D eigenvalue weighted by Crippen LogP contribution is 2.30. The number of fused-ring (bicyclic) bond motifs is 1. The van der Waals surface area contributed by atoms with Crippen LogP contribution in [0.3, 0.4) is 0 Å². The van der Waals surface area contributed by atoms with Crippen LogP contribution in [0.25, 0.3) is 10.8 Å². The number of rotatable bonds is 3. The van der Waals surface area contributed by atoms with Crippen LogP contribution in [0.2, 0.25) is 0 Å². The number of hydrogen-bond acceptors (Lipinski definition) is 7. The Bertz CT molecular complexity index is 1530. The molecule has 2 aliphatic rings. The minimum atomic E-state index is -0.626. The van der Waals surface area contributed by atoms with E-state index in [1.165, 1.54) is 4.90 Å². The van der Waals surface area contributed by atoms with E-state index in [9.17, 15) is 14.4 Å². The molecule has 1 aliphatic carbocycles. The van der Waals surface area contributed by atoms with Crippen LogP contribution in [0.5, 0.6) is 0 Å². The van der Waals surface area contributed by atoms with Crippen molar-refractivity contribution in [2.75, 3.05) is 29.9 Å². The molecule has 0 atom stereocenters. The van der Waals surface area contributed by atoms with Crippen LogP contribution in [0.1, 0.15) is 57.0 Å². The zero-order valence-electron chi connectivity index (χ0n) is 23.2. The number of nitrogens with zero attached hydrogens (tertiary/aromatic N) is 5. The normalized spacial score (nSPS) is 15.8. The van der Waals surface area contributed by atoms with Gasteiger partial charge in [0.05, 0.1) is 17.4 Å². The fraction of sp³-hybridized carbons (Fsp3) is 0.400. The number of carbonyl (C=O) groups is 3. The van der Waals surface area contributed by atoms with Crippen molar-refractivity contribution in [2.45, 2.75) is 52.6 Å². The summed E-state index contributed by atoms with van der Waals surface area (Å²) in [4.78, 5) is 54.0. The van der Waals surface area contributed by atoms with Gasteiger partial charge in [0, 0.05) is 47.9 Å². The number of aryl methyl sites for hydroxylation is 1. The largest absolute Gasteiger partial charge is 0.444 e. The molecular formula is C30H32N6O4. The molecule has 5 rings (SSSR count). The van der Waals surface area contributed by atoms with E-state index in [0.29, 0.717) is 42.3 Å². The molecule has 3 amide bonds. The minimum Gasteiger partial charge on any atom is -0.444 e. The van der Waals surface area contributed by atoms with Gasteiger partial charge in [-0.1, -0.05) is 5.92 Å². The molecular weight excluding hydrogens is 508 g/mol. The summed E-state index contributed by atoms with van der Waals surface area (Å²) in [6, 6.07) is 5.40. The van der Waals surface area contributed by atoms with Gasteiger partial charge in [-0.25, -0.2) is 14.8 Å². The molecule has 1 aliphatic heterocycles. The maximum Gasteiger partial charge on any atom is 0.410 e. The van der Waals surface area contributed by atoms with Crippen LogP contribution in [-0.4, -0.2) is 63.0 Å². The van der Waals surface area contributed by atoms with Gasteiger partial charge in [0.1, 0.15) is 23.7 Å². The first-order valence-electron chi connectivity index (χ1n) is 13.4. The van der Waals surface area contributed by atoms with Crippen LogP contribution in [-0.2, 0) is 14.3 Å². The lowest BCUT2D eigenvalue weighted by molar-refractivity contribution is -0.119. The highest BCUT2D eigenvalue weighted by atomic mass is 16.6. The van der Waals surface area contributed by atoms with Crippen molar-refractivity contribution in [1.82, 2.24) is 19.9 Å². The van der Waals surface area contributed by atoms with Gasteiger partial charge in [0.15, 0.2) is 0 Å². The topological polar surface area (TPSA) is 118 Å². The predicted molar refractivity (Wildman–Crippen MR) is 151 cm³/mol. The van der Waals surface area contributed by atoms with Crippen molar-refractivity contribution in [3.63, 3.8) is 0 Å². The number of carbonyl (C=O) groups excluding carboxylic acids is 3. The molecule has 4 heterocycles. The maximum atomic E-state index is 13.0. The molecule has 1 saturated carbocycles. The van der Waals surface area contributed by atoms with Crippen LogP contribution in [0.4, 0.5) is 16.3 Å². The predicted octanol–water partition coefficient (Wildman–Crippen LogP) is 4.06. The van der Waals surface area contributed by atoms with Crippen LogP contribution in [0.15, 0.2) is 36.8 Å². The summed E-state index contributed by atoms with van der Waals surface area (Å²) in [5, 5.41) is 4.60. The van der Waals surface area contributed by atoms with Gasteiger partial charge >= 0.3 is 6.09 Å². The SMILES string of the molecule is Cc1ncc(C#Cc2ccc(N3CCCN(C(=O)OC(C)(C)C)CC3=O)cn2)c2cc(NC(=O)C3CC3)ncc12. The number of anilines is 2. The van der Waals surface area contributed by atoms with E-state index in [1.54, 1.807) is 56.4 Å². The highest BCUT2D eigenvalue weighted by Gasteiger charge is 2.30. The van der Waals surface area contributed by atoms with E-state index in [1.807, 2.05) is 13.0 Å². The van der Waals surface area contributed by atoms with Crippen molar-refractivity contribution in [1.29, 1.82) is 0 Å². The molecule has 10 heteroatoms. The fourth-order valence-electron chi connectivity index (χ4n) is 4.39. The summed E-state index contributed by atoms with van der Waals surface area (Å²) in [7, 11) is 0. The zero-order valence-corrected chi connectivity index (χ0v) is 23.2. The molecule has 1 saturated heterocycles. The molecule has 3 aromatic heterocycles. The Morgan fingerprint density at radius 3 is 2.52 bits per heavy atom. The Balaban J connectivity index is 1.31. The molecule has 0 bridgehead atoms. The number of hydrogen-bond donors (Lipinski definition) is 1. The molecule has 0 aromatic carbocycles. The zero-order chi connectivity index (χ0) is 28.4. The van der Waals surface area contributed by atoms with E-state index < -0.39 is 11.7 Å². The molecule has 0 unspecified atom stereocenters. The average molecular weight is 541 g/mol. The summed E-state index contributed by atoms with van der Waals surface area (Å²) in [6.45, 7) is 8.16. The Morgan fingerprint density at radius 1 is 1.02 bits per heavy atom. The fourth-order valence-corrected chi connectivity index (χ4v) is 4.39. The third kappa shape index (κ3) is 6.37.